The van der Waals surface area contributed by atoms with Crippen molar-refractivity contribution >= 4 is 33.4 Å². The lowest BCUT2D eigenvalue weighted by atomic mass is 10.1. The number of pyridine rings is 1. The molecular formula is C20H24FN5O2S. The van der Waals surface area contributed by atoms with Crippen LogP contribution >= 0.6 is 11.3 Å². The fraction of sp³-hybridized carbons (Fsp3) is 0.400. The van der Waals surface area contributed by atoms with Crippen molar-refractivity contribution < 1.29 is 13.9 Å². The summed E-state index contributed by atoms with van der Waals surface area (Å²) in [6.07, 6.45) is 2.81. The van der Waals surface area contributed by atoms with Crippen molar-refractivity contribution in [1.29, 1.82) is 0 Å². The lowest BCUT2D eigenvalue weighted by Crippen LogP contribution is -2.54. The maximum absolute atomic E-state index is 13.4. The van der Waals surface area contributed by atoms with Gasteiger partial charge in [-0.3, -0.25) is 9.78 Å². The molecule has 154 valence electrons. The van der Waals surface area contributed by atoms with Crippen LogP contribution in [0.15, 0.2) is 29.9 Å². The standard InChI is InChI=1S/C18H18FN5O2S.C2H6/c1-10(11-5-12(19)7-20-6-11)21-18-22-14-3-4-27-16(14)15(23-18)17(25)24-8-13(9-24)26-2;1-2/h3-7,10,13H,8-9H2,1-2H3,(H,21,22,23);1-2H3. The van der Waals surface area contributed by atoms with Gasteiger partial charge < -0.3 is 15.0 Å². The number of nitrogens with one attached hydrogen (secondary N) is 1. The summed E-state index contributed by atoms with van der Waals surface area (Å²) < 4.78 is 19.4. The summed E-state index contributed by atoms with van der Waals surface area (Å²) in [7, 11) is 1.64. The largest absolute Gasteiger partial charge is 0.378 e. The first-order chi connectivity index (χ1) is 14.0. The van der Waals surface area contributed by atoms with Crippen LogP contribution < -0.4 is 5.32 Å². The summed E-state index contributed by atoms with van der Waals surface area (Å²) in [5.74, 6) is -0.220. The van der Waals surface area contributed by atoms with Gasteiger partial charge in [0, 0.05) is 26.4 Å². The van der Waals surface area contributed by atoms with Crippen molar-refractivity contribution in [3.05, 3.63) is 47.0 Å². The number of nitrogens with zero attached hydrogens (tertiary/aromatic N) is 4. The number of halogens is 1. The zero-order chi connectivity index (χ0) is 21.0. The van der Waals surface area contributed by atoms with E-state index in [0.717, 1.165) is 10.9 Å². The third-order valence-electron chi connectivity index (χ3n) is 4.55. The number of amides is 1. The van der Waals surface area contributed by atoms with Crippen LogP contribution in [0.4, 0.5) is 10.3 Å². The number of carbonyl (C=O) groups excluding carboxylic acids is 1. The molecule has 7 nitrogen and oxygen atoms in total. The fourth-order valence-corrected chi connectivity index (χ4v) is 3.73. The third kappa shape index (κ3) is 4.51. The number of fused-ring (bicyclic) bond motifs is 1. The first-order valence-electron chi connectivity index (χ1n) is 9.49. The Balaban J connectivity index is 0.00000117. The second-order valence-electron chi connectivity index (χ2n) is 6.40. The van der Waals surface area contributed by atoms with E-state index in [9.17, 15) is 9.18 Å². The Hall–Kier alpha value is -2.65. The number of thiophene rings is 1. The van der Waals surface area contributed by atoms with Crippen LogP contribution in [0, 0.1) is 5.82 Å². The van der Waals surface area contributed by atoms with Gasteiger partial charge >= 0.3 is 0 Å². The van der Waals surface area contributed by atoms with Crippen LogP contribution in [0.2, 0.25) is 0 Å². The molecule has 0 bridgehead atoms. The normalized spacial score (nSPS) is 14.7. The number of rotatable bonds is 5. The van der Waals surface area contributed by atoms with Gasteiger partial charge in [-0.2, -0.15) is 0 Å². The highest BCUT2D eigenvalue weighted by Crippen LogP contribution is 2.27. The van der Waals surface area contributed by atoms with Crippen molar-refractivity contribution in [3.63, 3.8) is 0 Å². The molecule has 1 fully saturated rings. The highest BCUT2D eigenvalue weighted by atomic mass is 32.1. The minimum Gasteiger partial charge on any atom is -0.378 e. The first kappa shape index (κ1) is 21.1. The molecule has 1 aliphatic rings. The maximum atomic E-state index is 13.4. The van der Waals surface area contributed by atoms with Gasteiger partial charge in [-0.15, -0.1) is 11.3 Å². The van der Waals surface area contributed by atoms with Crippen molar-refractivity contribution in [2.75, 3.05) is 25.5 Å². The van der Waals surface area contributed by atoms with Gasteiger partial charge in [0.25, 0.3) is 5.91 Å². The minimum absolute atomic E-state index is 0.0766. The number of ether oxygens (including phenoxy) is 1. The van der Waals surface area contributed by atoms with Crippen molar-refractivity contribution in [1.82, 2.24) is 19.9 Å². The lowest BCUT2D eigenvalue weighted by Gasteiger charge is -2.37. The number of methoxy groups -OCH3 is 1. The number of aromatic nitrogens is 3. The molecule has 29 heavy (non-hydrogen) atoms. The molecule has 0 spiro atoms. The third-order valence-corrected chi connectivity index (χ3v) is 5.46. The summed E-state index contributed by atoms with van der Waals surface area (Å²) in [5.41, 5.74) is 1.74. The smallest absolute Gasteiger partial charge is 0.274 e. The highest BCUT2D eigenvalue weighted by Gasteiger charge is 2.33. The van der Waals surface area contributed by atoms with Crippen molar-refractivity contribution in [2.24, 2.45) is 0 Å². The Bertz CT molecular complexity index is 990. The second-order valence-corrected chi connectivity index (χ2v) is 7.32. The minimum atomic E-state index is -0.406. The summed E-state index contributed by atoms with van der Waals surface area (Å²) in [6.45, 7) is 6.97. The van der Waals surface area contributed by atoms with E-state index in [-0.39, 0.29) is 18.1 Å². The molecule has 4 rings (SSSR count). The number of likely N-dealkylation sites (tertiary alicyclic amines) is 1. The molecule has 4 heterocycles. The molecular weight excluding hydrogens is 393 g/mol. The van der Waals surface area contributed by atoms with Crippen LogP contribution in [0.5, 0.6) is 0 Å². The molecule has 1 unspecified atom stereocenters. The molecule has 3 aromatic rings. The van der Waals surface area contributed by atoms with E-state index in [1.54, 1.807) is 18.2 Å². The molecule has 9 heteroatoms. The van der Waals surface area contributed by atoms with E-state index in [0.29, 0.717) is 35.8 Å². The van der Waals surface area contributed by atoms with Crippen molar-refractivity contribution in [3.8, 4) is 0 Å². The molecule has 0 aliphatic carbocycles. The Labute approximate surface area is 173 Å². The van der Waals surface area contributed by atoms with Crippen LogP contribution in [-0.4, -0.2) is 52.1 Å². The topological polar surface area (TPSA) is 80.2 Å². The zero-order valence-corrected chi connectivity index (χ0v) is 17.7. The Kier molecular flexibility index (Phi) is 6.71. The summed E-state index contributed by atoms with van der Waals surface area (Å²) in [6, 6.07) is 2.99. The predicted octanol–water partition coefficient (Wildman–Crippen LogP) is 3.90. The Morgan fingerprint density at radius 3 is 2.79 bits per heavy atom. The van der Waals surface area contributed by atoms with Crippen LogP contribution in [-0.2, 0) is 4.74 Å². The average Bonchev–Trinajstić information content (AvgIpc) is 3.16. The quantitative estimate of drug-likeness (QED) is 0.678. The SMILES string of the molecule is CC.COC1CN(C(=O)c2nc(NC(C)c3cncc(F)c3)nc3ccsc23)C1. The molecule has 3 aromatic heterocycles. The van der Waals surface area contributed by atoms with Crippen LogP contribution in [0.25, 0.3) is 10.2 Å². The highest BCUT2D eigenvalue weighted by molar-refractivity contribution is 7.17. The predicted molar refractivity (Wildman–Crippen MR) is 112 cm³/mol. The molecule has 1 N–H and O–H groups in total. The van der Waals surface area contributed by atoms with Gasteiger partial charge in [-0.25, -0.2) is 14.4 Å². The number of anilines is 1. The second kappa shape index (κ2) is 9.23. The van der Waals surface area contributed by atoms with Gasteiger partial charge in [0.15, 0.2) is 5.69 Å². The van der Waals surface area contributed by atoms with E-state index in [4.69, 9.17) is 4.74 Å². The summed E-state index contributed by atoms with van der Waals surface area (Å²) in [5, 5.41) is 5.02. The van der Waals surface area contributed by atoms with E-state index in [1.165, 1.54) is 17.4 Å². The first-order valence-corrected chi connectivity index (χ1v) is 10.4. The van der Waals surface area contributed by atoms with E-state index >= 15 is 0 Å². The summed E-state index contributed by atoms with van der Waals surface area (Å²) in [4.78, 5) is 27.4. The lowest BCUT2D eigenvalue weighted by molar-refractivity contribution is -0.0193. The van der Waals surface area contributed by atoms with E-state index < -0.39 is 5.82 Å². The maximum Gasteiger partial charge on any atom is 0.274 e. The Morgan fingerprint density at radius 2 is 2.10 bits per heavy atom. The van der Waals surface area contributed by atoms with Crippen LogP contribution in [0.3, 0.4) is 0 Å². The molecule has 0 radical (unpaired) electrons. The molecule has 1 atom stereocenters. The van der Waals surface area contributed by atoms with Crippen LogP contribution in [0.1, 0.15) is 42.9 Å². The monoisotopic (exact) mass is 417 g/mol. The molecule has 1 aliphatic heterocycles. The number of hydrogen-bond donors (Lipinski definition) is 1. The fourth-order valence-electron chi connectivity index (χ4n) is 2.92. The average molecular weight is 418 g/mol. The van der Waals surface area contributed by atoms with Crippen molar-refractivity contribution in [2.45, 2.75) is 32.9 Å². The van der Waals surface area contributed by atoms with Gasteiger partial charge in [-0.05, 0) is 30.0 Å². The van der Waals surface area contributed by atoms with Gasteiger partial charge in [0.05, 0.1) is 28.6 Å². The van der Waals surface area contributed by atoms with E-state index in [2.05, 4.69) is 20.3 Å². The van der Waals surface area contributed by atoms with Gasteiger partial charge in [0.2, 0.25) is 5.95 Å². The summed E-state index contributed by atoms with van der Waals surface area (Å²) >= 11 is 1.44. The van der Waals surface area contributed by atoms with E-state index in [1.807, 2.05) is 32.2 Å². The number of carbonyl (C=O) groups is 1. The molecule has 1 saturated heterocycles. The van der Waals surface area contributed by atoms with Gasteiger partial charge in [0.1, 0.15) is 5.82 Å². The Morgan fingerprint density at radius 1 is 1.34 bits per heavy atom. The molecule has 0 saturated carbocycles. The van der Waals surface area contributed by atoms with Gasteiger partial charge in [-0.1, -0.05) is 13.8 Å². The molecule has 0 aromatic carbocycles. The zero-order valence-electron chi connectivity index (χ0n) is 16.8. The number of hydrogen-bond acceptors (Lipinski definition) is 7. The molecule has 1 amide bonds.